The number of carbonyl (C=O) groups is 1. The average Bonchev–Trinajstić information content (AvgIpc) is 2.34. The second-order valence-corrected chi connectivity index (χ2v) is 5.13. The molecule has 1 aliphatic rings. The fourth-order valence-electron chi connectivity index (χ4n) is 2.59. The molecule has 1 heterocycles. The summed E-state index contributed by atoms with van der Waals surface area (Å²) in [6.07, 6.45) is 0.720. The van der Waals surface area contributed by atoms with Crippen molar-refractivity contribution in [2.75, 3.05) is 18.4 Å². The first kappa shape index (κ1) is 12.9. The Hall–Kier alpha value is -1.55. The van der Waals surface area contributed by atoms with Crippen LogP contribution in [0, 0.1) is 12.8 Å². The molecule has 1 aromatic rings. The number of hydrogen-bond donors (Lipinski definition) is 3. The monoisotopic (exact) mass is 247 g/mol. The summed E-state index contributed by atoms with van der Waals surface area (Å²) in [5, 5.41) is 6.69. The number of amides is 1. The van der Waals surface area contributed by atoms with E-state index in [2.05, 4.69) is 17.6 Å². The minimum absolute atomic E-state index is 0.170. The number of carbonyl (C=O) groups excluding carboxylic acids is 1. The van der Waals surface area contributed by atoms with E-state index in [-0.39, 0.29) is 11.8 Å². The Balaban J connectivity index is 2.32. The molecule has 0 radical (unpaired) electrons. The smallest absolute Gasteiger partial charge is 0.243 e. The summed E-state index contributed by atoms with van der Waals surface area (Å²) in [5.41, 5.74) is 7.14. The van der Waals surface area contributed by atoms with Gasteiger partial charge in [0.15, 0.2) is 0 Å². The summed E-state index contributed by atoms with van der Waals surface area (Å²) in [5.74, 6) is -0.0943. The van der Waals surface area contributed by atoms with Crippen LogP contribution in [0.2, 0.25) is 0 Å². The van der Waals surface area contributed by atoms with E-state index in [1.54, 1.807) is 0 Å². The van der Waals surface area contributed by atoms with Crippen molar-refractivity contribution in [3.63, 3.8) is 0 Å². The summed E-state index contributed by atoms with van der Waals surface area (Å²) in [6, 6.07) is 7.98. The molecule has 98 valence electrons. The Kier molecular flexibility index (Phi) is 3.57. The molecule has 18 heavy (non-hydrogen) atoms. The Morgan fingerprint density at radius 1 is 1.50 bits per heavy atom. The predicted octanol–water partition coefficient (Wildman–Crippen LogP) is 1.26. The first-order chi connectivity index (χ1) is 8.56. The molecular formula is C14H21N3O. The summed E-state index contributed by atoms with van der Waals surface area (Å²) in [7, 11) is 0. The maximum Gasteiger partial charge on any atom is 0.243 e. The quantitative estimate of drug-likeness (QED) is 0.753. The van der Waals surface area contributed by atoms with Gasteiger partial charge in [0.25, 0.3) is 0 Å². The lowest BCUT2D eigenvalue weighted by molar-refractivity contribution is -0.124. The van der Waals surface area contributed by atoms with Crippen molar-refractivity contribution >= 4 is 11.6 Å². The number of hydrogen-bond acceptors (Lipinski definition) is 3. The standard InChI is InChI=1S/C14H21N3O/c1-10-5-3-4-6-12(10)17-14(13(15)18)7-8-16-9-11(14)2/h3-6,11,16-17H,7-9H2,1-2H3,(H2,15,18). The average molecular weight is 247 g/mol. The van der Waals surface area contributed by atoms with Gasteiger partial charge in [0, 0.05) is 18.2 Å². The molecule has 2 atom stereocenters. The van der Waals surface area contributed by atoms with E-state index >= 15 is 0 Å². The van der Waals surface area contributed by atoms with Crippen LogP contribution in [0.25, 0.3) is 0 Å². The van der Waals surface area contributed by atoms with Crippen molar-refractivity contribution in [1.82, 2.24) is 5.32 Å². The van der Waals surface area contributed by atoms with E-state index in [9.17, 15) is 4.79 Å². The third-order valence-electron chi connectivity index (χ3n) is 3.93. The first-order valence-electron chi connectivity index (χ1n) is 6.41. The predicted molar refractivity (Wildman–Crippen MR) is 73.4 cm³/mol. The van der Waals surface area contributed by atoms with Crippen LogP contribution in [0.1, 0.15) is 18.9 Å². The van der Waals surface area contributed by atoms with Gasteiger partial charge < -0.3 is 16.4 Å². The molecule has 0 bridgehead atoms. The summed E-state index contributed by atoms with van der Waals surface area (Å²) in [6.45, 7) is 5.71. The number of anilines is 1. The molecule has 1 aromatic carbocycles. The van der Waals surface area contributed by atoms with E-state index in [4.69, 9.17) is 5.73 Å². The molecule has 0 aromatic heterocycles. The third kappa shape index (κ3) is 2.20. The number of aryl methyl sites for hydroxylation is 1. The van der Waals surface area contributed by atoms with Crippen molar-refractivity contribution in [3.8, 4) is 0 Å². The zero-order valence-electron chi connectivity index (χ0n) is 11.0. The molecule has 0 saturated carbocycles. The number of nitrogens with one attached hydrogen (secondary N) is 2. The van der Waals surface area contributed by atoms with Crippen LogP contribution < -0.4 is 16.4 Å². The van der Waals surface area contributed by atoms with Gasteiger partial charge in [0.2, 0.25) is 5.91 Å². The molecule has 4 N–H and O–H groups in total. The maximum atomic E-state index is 11.9. The lowest BCUT2D eigenvalue weighted by Gasteiger charge is -2.42. The first-order valence-corrected chi connectivity index (χ1v) is 6.41. The van der Waals surface area contributed by atoms with E-state index in [1.165, 1.54) is 0 Å². The lowest BCUT2D eigenvalue weighted by atomic mass is 9.78. The second kappa shape index (κ2) is 4.98. The fourth-order valence-corrected chi connectivity index (χ4v) is 2.59. The second-order valence-electron chi connectivity index (χ2n) is 5.13. The highest BCUT2D eigenvalue weighted by molar-refractivity contribution is 5.88. The van der Waals surface area contributed by atoms with Crippen LogP contribution in [-0.2, 0) is 4.79 Å². The molecule has 1 saturated heterocycles. The van der Waals surface area contributed by atoms with Gasteiger partial charge >= 0.3 is 0 Å². The zero-order valence-corrected chi connectivity index (χ0v) is 11.0. The SMILES string of the molecule is Cc1ccccc1NC1(C(N)=O)CCNCC1C. The molecule has 4 nitrogen and oxygen atoms in total. The van der Waals surface area contributed by atoms with Crippen molar-refractivity contribution in [3.05, 3.63) is 29.8 Å². The number of nitrogens with two attached hydrogens (primary N) is 1. The van der Waals surface area contributed by atoms with Gasteiger partial charge in [-0.1, -0.05) is 25.1 Å². The highest BCUT2D eigenvalue weighted by Crippen LogP contribution is 2.30. The largest absolute Gasteiger partial charge is 0.371 e. The van der Waals surface area contributed by atoms with E-state index < -0.39 is 5.54 Å². The van der Waals surface area contributed by atoms with Crippen molar-refractivity contribution < 1.29 is 4.79 Å². The zero-order chi connectivity index (χ0) is 13.2. The highest BCUT2D eigenvalue weighted by Gasteiger charge is 2.43. The van der Waals surface area contributed by atoms with E-state index in [0.29, 0.717) is 0 Å². The van der Waals surface area contributed by atoms with Gasteiger partial charge in [-0.25, -0.2) is 0 Å². The summed E-state index contributed by atoms with van der Waals surface area (Å²) < 4.78 is 0. The van der Waals surface area contributed by atoms with Crippen LogP contribution in [0.15, 0.2) is 24.3 Å². The fraction of sp³-hybridized carbons (Fsp3) is 0.500. The summed E-state index contributed by atoms with van der Waals surface area (Å²) in [4.78, 5) is 11.9. The lowest BCUT2D eigenvalue weighted by Crippen LogP contribution is -2.61. The maximum absolute atomic E-state index is 11.9. The normalized spacial score (nSPS) is 27.8. The molecule has 1 amide bonds. The Morgan fingerprint density at radius 2 is 2.22 bits per heavy atom. The number of benzene rings is 1. The van der Waals surface area contributed by atoms with Crippen LogP contribution in [0.3, 0.4) is 0 Å². The Labute approximate surface area is 108 Å². The Bertz CT molecular complexity index is 446. The number of piperidine rings is 1. The molecular weight excluding hydrogens is 226 g/mol. The third-order valence-corrected chi connectivity index (χ3v) is 3.93. The van der Waals surface area contributed by atoms with Gasteiger partial charge in [-0.15, -0.1) is 0 Å². The van der Waals surface area contributed by atoms with E-state index in [1.807, 2.05) is 31.2 Å². The molecule has 2 rings (SSSR count). The minimum atomic E-state index is -0.642. The van der Waals surface area contributed by atoms with Crippen LogP contribution in [-0.4, -0.2) is 24.5 Å². The minimum Gasteiger partial charge on any atom is -0.371 e. The van der Waals surface area contributed by atoms with Crippen molar-refractivity contribution in [2.24, 2.45) is 11.7 Å². The molecule has 0 aliphatic carbocycles. The van der Waals surface area contributed by atoms with Crippen LogP contribution in [0.5, 0.6) is 0 Å². The summed E-state index contributed by atoms with van der Waals surface area (Å²) >= 11 is 0. The molecule has 1 aliphatic heterocycles. The van der Waals surface area contributed by atoms with Crippen LogP contribution in [0.4, 0.5) is 5.69 Å². The van der Waals surface area contributed by atoms with Gasteiger partial charge in [0.05, 0.1) is 0 Å². The molecule has 0 spiro atoms. The van der Waals surface area contributed by atoms with Gasteiger partial charge in [-0.3, -0.25) is 4.79 Å². The number of primary amides is 1. The van der Waals surface area contributed by atoms with Crippen molar-refractivity contribution in [1.29, 1.82) is 0 Å². The van der Waals surface area contributed by atoms with Gasteiger partial charge in [0.1, 0.15) is 5.54 Å². The molecule has 4 heteroatoms. The van der Waals surface area contributed by atoms with Crippen molar-refractivity contribution in [2.45, 2.75) is 25.8 Å². The Morgan fingerprint density at radius 3 is 2.83 bits per heavy atom. The topological polar surface area (TPSA) is 67.1 Å². The highest BCUT2D eigenvalue weighted by atomic mass is 16.1. The van der Waals surface area contributed by atoms with Crippen LogP contribution >= 0.6 is 0 Å². The van der Waals surface area contributed by atoms with Gasteiger partial charge in [-0.2, -0.15) is 0 Å². The molecule has 1 fully saturated rings. The van der Waals surface area contributed by atoms with E-state index in [0.717, 1.165) is 30.8 Å². The van der Waals surface area contributed by atoms with Gasteiger partial charge in [-0.05, 0) is 31.5 Å². The number of para-hydroxylation sites is 1. The number of rotatable bonds is 3. The molecule has 2 unspecified atom stereocenters.